The summed E-state index contributed by atoms with van der Waals surface area (Å²) in [5.41, 5.74) is 0.444. The van der Waals surface area contributed by atoms with Gasteiger partial charge in [-0.1, -0.05) is 0 Å². The van der Waals surface area contributed by atoms with Gasteiger partial charge in [0, 0.05) is 13.1 Å². The van der Waals surface area contributed by atoms with Gasteiger partial charge in [-0.15, -0.1) is 0 Å². The number of aliphatic hydroxyl groups excluding tert-OH is 1. The fraction of sp³-hybridized carbons (Fsp3) is 0.556. The van der Waals surface area contributed by atoms with Crippen molar-refractivity contribution in [2.45, 2.75) is 25.0 Å². The highest BCUT2D eigenvalue weighted by atomic mass is 16.5. The van der Waals surface area contributed by atoms with Crippen LogP contribution >= 0.6 is 0 Å². The Balaban J connectivity index is 1.60. The monoisotopic (exact) mass is 349 g/mol. The zero-order chi connectivity index (χ0) is 18.0. The van der Waals surface area contributed by atoms with Crippen LogP contribution in [-0.4, -0.2) is 66.0 Å². The van der Waals surface area contributed by atoms with Crippen molar-refractivity contribution in [3.05, 3.63) is 29.8 Å². The molecule has 1 aromatic carbocycles. The van der Waals surface area contributed by atoms with E-state index in [0.717, 1.165) is 6.54 Å². The summed E-state index contributed by atoms with van der Waals surface area (Å²) >= 11 is 0. The van der Waals surface area contributed by atoms with Gasteiger partial charge in [0.15, 0.2) is 0 Å². The van der Waals surface area contributed by atoms with E-state index < -0.39 is 18.0 Å². The Morgan fingerprint density at radius 1 is 1.16 bits per heavy atom. The highest BCUT2D eigenvalue weighted by Gasteiger charge is 2.42. The Kier molecular flexibility index (Phi) is 5.24. The number of likely N-dealkylation sites (tertiary alicyclic amines) is 1. The SMILES string of the molecule is COC(=O)c1ccc(O[C@H]2C[C@@H]3CN(CC(=O)O)C[C@@H]3C[C@@H]2O)cc1. The maximum Gasteiger partial charge on any atom is 0.337 e. The molecule has 0 aromatic heterocycles. The average Bonchev–Trinajstić information content (AvgIpc) is 2.95. The zero-order valence-corrected chi connectivity index (χ0v) is 14.1. The number of esters is 1. The molecule has 2 fully saturated rings. The molecular formula is C18H23NO6. The summed E-state index contributed by atoms with van der Waals surface area (Å²) in [4.78, 5) is 24.3. The molecule has 0 unspecified atom stereocenters. The van der Waals surface area contributed by atoms with Crippen LogP contribution in [0.5, 0.6) is 5.75 Å². The minimum Gasteiger partial charge on any atom is -0.488 e. The number of ether oxygens (including phenoxy) is 2. The molecule has 1 saturated carbocycles. The van der Waals surface area contributed by atoms with Gasteiger partial charge >= 0.3 is 11.9 Å². The van der Waals surface area contributed by atoms with Crippen LogP contribution in [-0.2, 0) is 9.53 Å². The first-order valence-electron chi connectivity index (χ1n) is 8.43. The molecule has 3 rings (SSSR count). The molecule has 7 nitrogen and oxygen atoms in total. The number of benzene rings is 1. The molecule has 0 amide bonds. The molecule has 1 saturated heterocycles. The van der Waals surface area contributed by atoms with Crippen LogP contribution in [0.2, 0.25) is 0 Å². The van der Waals surface area contributed by atoms with Crippen LogP contribution in [0.1, 0.15) is 23.2 Å². The lowest BCUT2D eigenvalue weighted by Gasteiger charge is -2.35. The predicted molar refractivity (Wildman–Crippen MR) is 88.5 cm³/mol. The largest absolute Gasteiger partial charge is 0.488 e. The van der Waals surface area contributed by atoms with E-state index in [2.05, 4.69) is 4.74 Å². The number of hydrogen-bond acceptors (Lipinski definition) is 6. The number of methoxy groups -OCH3 is 1. The summed E-state index contributed by atoms with van der Waals surface area (Å²) in [6.45, 7) is 1.49. The van der Waals surface area contributed by atoms with Crippen molar-refractivity contribution in [2.75, 3.05) is 26.7 Å². The van der Waals surface area contributed by atoms with E-state index in [1.54, 1.807) is 24.3 Å². The molecule has 2 N–H and O–H groups in total. The maximum absolute atomic E-state index is 11.4. The minimum absolute atomic E-state index is 0.0452. The minimum atomic E-state index is -0.822. The van der Waals surface area contributed by atoms with E-state index in [4.69, 9.17) is 9.84 Å². The Labute approximate surface area is 146 Å². The second-order valence-electron chi connectivity index (χ2n) is 6.82. The van der Waals surface area contributed by atoms with Gasteiger partial charge in [-0.05, 0) is 48.9 Å². The molecule has 0 radical (unpaired) electrons. The Bertz CT molecular complexity index is 631. The normalized spacial score (nSPS) is 29.0. The number of carboxylic acids is 1. The summed E-state index contributed by atoms with van der Waals surface area (Å²) in [5, 5.41) is 19.3. The first-order valence-corrected chi connectivity index (χ1v) is 8.43. The number of rotatable bonds is 5. The van der Waals surface area contributed by atoms with Crippen molar-refractivity contribution in [3.63, 3.8) is 0 Å². The van der Waals surface area contributed by atoms with Crippen LogP contribution < -0.4 is 4.74 Å². The lowest BCUT2D eigenvalue weighted by Crippen LogP contribution is -2.42. The van der Waals surface area contributed by atoms with Crippen molar-refractivity contribution in [3.8, 4) is 5.75 Å². The standard InChI is InChI=1S/C18H23NO6/c1-24-18(23)11-2-4-14(5-3-11)25-16-7-13-9-19(10-17(21)22)8-12(13)6-15(16)20/h2-5,12-13,15-16,20H,6-10H2,1H3,(H,21,22)/t12-,13+,15-,16-/m0/s1. The van der Waals surface area contributed by atoms with Crippen LogP contribution in [0.3, 0.4) is 0 Å². The van der Waals surface area contributed by atoms with Crippen molar-refractivity contribution in [2.24, 2.45) is 11.8 Å². The smallest absolute Gasteiger partial charge is 0.337 e. The van der Waals surface area contributed by atoms with E-state index in [0.29, 0.717) is 42.5 Å². The van der Waals surface area contributed by atoms with Gasteiger partial charge in [-0.2, -0.15) is 0 Å². The van der Waals surface area contributed by atoms with E-state index in [9.17, 15) is 14.7 Å². The molecule has 7 heteroatoms. The van der Waals surface area contributed by atoms with E-state index in [-0.39, 0.29) is 12.6 Å². The summed E-state index contributed by atoms with van der Waals surface area (Å²) in [7, 11) is 1.33. The number of hydrogen-bond donors (Lipinski definition) is 2. The van der Waals surface area contributed by atoms with Gasteiger partial charge in [-0.3, -0.25) is 9.69 Å². The zero-order valence-electron chi connectivity index (χ0n) is 14.1. The van der Waals surface area contributed by atoms with Crippen molar-refractivity contribution in [1.82, 2.24) is 4.90 Å². The topological polar surface area (TPSA) is 96.3 Å². The third kappa shape index (κ3) is 4.11. The number of carbonyl (C=O) groups excluding carboxylic acids is 1. The maximum atomic E-state index is 11.4. The second-order valence-corrected chi connectivity index (χ2v) is 6.82. The summed E-state index contributed by atoms with van der Waals surface area (Å²) in [6.07, 6.45) is 0.410. The van der Waals surface area contributed by atoms with Gasteiger partial charge in [-0.25, -0.2) is 4.79 Å². The predicted octanol–water partition coefficient (Wildman–Crippen LogP) is 1.01. The lowest BCUT2D eigenvalue weighted by atomic mass is 9.78. The quantitative estimate of drug-likeness (QED) is 0.766. The van der Waals surface area contributed by atoms with E-state index in [1.165, 1.54) is 7.11 Å². The Morgan fingerprint density at radius 2 is 1.80 bits per heavy atom. The van der Waals surface area contributed by atoms with Crippen LogP contribution in [0.15, 0.2) is 24.3 Å². The van der Waals surface area contributed by atoms with Crippen molar-refractivity contribution in [1.29, 1.82) is 0 Å². The Morgan fingerprint density at radius 3 is 2.40 bits per heavy atom. The molecule has 2 aliphatic rings. The lowest BCUT2D eigenvalue weighted by molar-refractivity contribution is -0.138. The average molecular weight is 349 g/mol. The second kappa shape index (κ2) is 7.41. The molecule has 1 aliphatic carbocycles. The van der Waals surface area contributed by atoms with Crippen LogP contribution in [0.25, 0.3) is 0 Å². The molecule has 4 atom stereocenters. The van der Waals surface area contributed by atoms with Crippen LogP contribution in [0, 0.1) is 11.8 Å². The number of carbonyl (C=O) groups is 2. The molecule has 1 heterocycles. The summed E-state index contributed by atoms with van der Waals surface area (Å²) in [6, 6.07) is 6.64. The highest BCUT2D eigenvalue weighted by molar-refractivity contribution is 5.89. The molecule has 0 spiro atoms. The van der Waals surface area contributed by atoms with Gasteiger partial charge in [0.2, 0.25) is 0 Å². The van der Waals surface area contributed by atoms with Gasteiger partial charge in [0.05, 0.1) is 25.3 Å². The van der Waals surface area contributed by atoms with Gasteiger partial charge in [0.25, 0.3) is 0 Å². The third-order valence-electron chi connectivity index (χ3n) is 5.08. The molecule has 25 heavy (non-hydrogen) atoms. The molecular weight excluding hydrogens is 326 g/mol. The van der Waals surface area contributed by atoms with Crippen LogP contribution in [0.4, 0.5) is 0 Å². The first-order chi connectivity index (χ1) is 12.0. The fourth-order valence-electron chi connectivity index (χ4n) is 3.90. The highest BCUT2D eigenvalue weighted by Crippen LogP contribution is 2.37. The Hall–Kier alpha value is -2.12. The summed E-state index contributed by atoms with van der Waals surface area (Å²) in [5.74, 6) is 0.0165. The number of aliphatic hydroxyl groups is 1. The summed E-state index contributed by atoms with van der Waals surface area (Å²) < 4.78 is 10.6. The molecule has 1 aromatic rings. The van der Waals surface area contributed by atoms with E-state index >= 15 is 0 Å². The van der Waals surface area contributed by atoms with E-state index in [1.807, 2.05) is 4.90 Å². The van der Waals surface area contributed by atoms with Crippen molar-refractivity contribution >= 4 is 11.9 Å². The fourth-order valence-corrected chi connectivity index (χ4v) is 3.90. The molecule has 0 bridgehead atoms. The third-order valence-corrected chi connectivity index (χ3v) is 5.08. The number of aliphatic carboxylic acids is 1. The first kappa shape index (κ1) is 17.7. The number of fused-ring (bicyclic) bond motifs is 1. The van der Waals surface area contributed by atoms with Gasteiger partial charge in [0.1, 0.15) is 11.9 Å². The van der Waals surface area contributed by atoms with Crippen molar-refractivity contribution < 1.29 is 29.3 Å². The number of carboxylic acid groups (broad SMARTS) is 1. The molecule has 1 aliphatic heterocycles. The number of nitrogens with zero attached hydrogens (tertiary/aromatic N) is 1. The molecule has 136 valence electrons. The van der Waals surface area contributed by atoms with Gasteiger partial charge < -0.3 is 19.7 Å².